The first kappa shape index (κ1) is 19.3. The highest BCUT2D eigenvalue weighted by molar-refractivity contribution is 6.31. The second kappa shape index (κ2) is 7.46. The molecule has 0 unspecified atom stereocenters. The topological polar surface area (TPSA) is 40.6 Å². The van der Waals surface area contributed by atoms with Gasteiger partial charge in [0.1, 0.15) is 0 Å². The predicted octanol–water partition coefficient (Wildman–Crippen LogP) is 5.10. The monoisotopic (exact) mass is 378 g/mol. The number of aryl methyl sites for hydroxylation is 1. The van der Waals surface area contributed by atoms with Crippen molar-refractivity contribution in [3.8, 4) is 0 Å². The first-order valence-electron chi connectivity index (χ1n) is 7.78. The van der Waals surface area contributed by atoms with E-state index in [4.69, 9.17) is 23.4 Å². The molecule has 0 spiro atoms. The Morgan fingerprint density at radius 2 is 1.52 bits per heavy atom. The second-order valence-electron chi connectivity index (χ2n) is 6.73. The summed E-state index contributed by atoms with van der Waals surface area (Å²) < 4.78 is 0.827. The fourth-order valence-corrected chi connectivity index (χ4v) is 2.87. The first-order valence-corrected chi connectivity index (χ1v) is 8.50. The van der Waals surface area contributed by atoms with Crippen molar-refractivity contribution >= 4 is 35.2 Å². The Bertz CT molecular complexity index is 783. The van der Waals surface area contributed by atoms with Crippen LogP contribution in [0.4, 0.5) is 0 Å². The maximum atomic E-state index is 13.0. The average molecular weight is 379 g/mol. The lowest BCUT2D eigenvalue weighted by atomic mass is 10.1. The number of halogens is 2. The number of nitrogens with zero attached hydrogens (tertiary/aromatic N) is 2. The Kier molecular flexibility index (Phi) is 5.76. The number of rotatable bonds is 2. The second-order valence-corrected chi connectivity index (χ2v) is 7.49. The van der Waals surface area contributed by atoms with Gasteiger partial charge in [-0.25, -0.2) is 5.01 Å². The van der Waals surface area contributed by atoms with Crippen molar-refractivity contribution in [2.24, 2.45) is 0 Å². The van der Waals surface area contributed by atoms with Crippen molar-refractivity contribution in [3.05, 3.63) is 70.2 Å². The molecule has 0 saturated carbocycles. The molecule has 0 heterocycles. The average Bonchev–Trinajstić information content (AvgIpc) is 2.53. The Balaban J connectivity index is 2.38. The summed E-state index contributed by atoms with van der Waals surface area (Å²) in [6, 6.07) is 13.5. The van der Waals surface area contributed by atoms with E-state index in [1.807, 2.05) is 19.1 Å². The highest BCUT2D eigenvalue weighted by Gasteiger charge is 2.35. The highest BCUT2D eigenvalue weighted by atomic mass is 35.5. The third-order valence-electron chi connectivity index (χ3n) is 3.54. The molecule has 0 fully saturated rings. The molecule has 25 heavy (non-hydrogen) atoms. The van der Waals surface area contributed by atoms with E-state index in [9.17, 15) is 9.59 Å². The summed E-state index contributed by atoms with van der Waals surface area (Å²) in [6.07, 6.45) is 0. The number of carbonyl (C=O) groups is 2. The standard InChI is InChI=1S/C19H20Cl2N2O2/c1-13-8-10-14(11-9-13)17(24)22(19(2,3)4)23(21)18(25)15-6-5-7-16(20)12-15/h5-12H,1-4H3. The molecule has 0 N–H and O–H groups in total. The minimum Gasteiger partial charge on any atom is -0.267 e. The number of hydrogen-bond acceptors (Lipinski definition) is 2. The van der Waals surface area contributed by atoms with Crippen LogP contribution in [-0.4, -0.2) is 26.9 Å². The summed E-state index contributed by atoms with van der Waals surface area (Å²) in [5, 5.41) is 1.66. The molecular formula is C19H20Cl2N2O2. The summed E-state index contributed by atoms with van der Waals surface area (Å²) in [5.41, 5.74) is 1.08. The van der Waals surface area contributed by atoms with Gasteiger partial charge >= 0.3 is 0 Å². The van der Waals surface area contributed by atoms with Gasteiger partial charge < -0.3 is 0 Å². The van der Waals surface area contributed by atoms with Crippen LogP contribution in [-0.2, 0) is 0 Å². The molecule has 2 amide bonds. The quantitative estimate of drug-likeness (QED) is 0.538. The smallest absolute Gasteiger partial charge is 0.267 e. The van der Waals surface area contributed by atoms with Crippen molar-refractivity contribution in [2.75, 3.05) is 0 Å². The molecule has 0 aliphatic rings. The third-order valence-corrected chi connectivity index (χ3v) is 4.08. The molecule has 0 atom stereocenters. The normalized spacial score (nSPS) is 11.1. The van der Waals surface area contributed by atoms with Crippen LogP contribution in [0.1, 0.15) is 47.1 Å². The van der Waals surface area contributed by atoms with Crippen LogP contribution < -0.4 is 0 Å². The van der Waals surface area contributed by atoms with E-state index in [-0.39, 0.29) is 5.91 Å². The lowest BCUT2D eigenvalue weighted by Gasteiger charge is -2.39. The molecule has 2 aromatic rings. The number of benzene rings is 2. The number of amides is 2. The Morgan fingerprint density at radius 3 is 2.04 bits per heavy atom. The molecule has 0 aliphatic heterocycles. The molecule has 2 rings (SSSR count). The molecule has 6 heteroatoms. The minimum absolute atomic E-state index is 0.299. The van der Waals surface area contributed by atoms with Gasteiger partial charge in [0.15, 0.2) is 0 Å². The molecule has 2 aromatic carbocycles. The molecule has 4 nitrogen and oxygen atoms in total. The summed E-state index contributed by atoms with van der Waals surface area (Å²) in [6.45, 7) is 7.35. The van der Waals surface area contributed by atoms with Gasteiger partial charge in [0.2, 0.25) is 0 Å². The summed E-state index contributed by atoms with van der Waals surface area (Å²) in [4.78, 5) is 25.7. The highest BCUT2D eigenvalue weighted by Crippen LogP contribution is 2.24. The summed E-state index contributed by atoms with van der Waals surface area (Å²) in [7, 11) is 0. The van der Waals surface area contributed by atoms with Gasteiger partial charge in [0.25, 0.3) is 11.8 Å². The maximum absolute atomic E-state index is 13.0. The van der Waals surface area contributed by atoms with Crippen molar-refractivity contribution in [1.29, 1.82) is 0 Å². The van der Waals surface area contributed by atoms with Crippen LogP contribution in [0.2, 0.25) is 5.02 Å². The van der Waals surface area contributed by atoms with E-state index in [2.05, 4.69) is 0 Å². The SMILES string of the molecule is Cc1ccc(C(=O)N(N(Cl)C(=O)c2cccc(Cl)c2)C(C)(C)C)cc1. The van der Waals surface area contributed by atoms with Gasteiger partial charge in [-0.2, -0.15) is 4.53 Å². The van der Waals surface area contributed by atoms with Gasteiger partial charge in [0.05, 0.1) is 5.54 Å². The van der Waals surface area contributed by atoms with Gasteiger partial charge in [0, 0.05) is 27.9 Å². The van der Waals surface area contributed by atoms with Crippen LogP contribution in [0.25, 0.3) is 0 Å². The van der Waals surface area contributed by atoms with Crippen LogP contribution >= 0.6 is 23.4 Å². The van der Waals surface area contributed by atoms with E-state index < -0.39 is 11.4 Å². The van der Waals surface area contributed by atoms with Crippen LogP contribution in [0.15, 0.2) is 48.5 Å². The van der Waals surface area contributed by atoms with E-state index in [1.54, 1.807) is 51.1 Å². The first-order chi connectivity index (χ1) is 11.6. The molecule has 132 valence electrons. The zero-order valence-electron chi connectivity index (χ0n) is 14.6. The van der Waals surface area contributed by atoms with Crippen molar-refractivity contribution in [3.63, 3.8) is 0 Å². The molecular weight excluding hydrogens is 359 g/mol. The minimum atomic E-state index is -0.710. The molecule has 0 bridgehead atoms. The Hall–Kier alpha value is -2.04. The van der Waals surface area contributed by atoms with E-state index in [1.165, 1.54) is 11.1 Å². The fourth-order valence-electron chi connectivity index (χ4n) is 2.29. The predicted molar refractivity (Wildman–Crippen MR) is 101 cm³/mol. The maximum Gasteiger partial charge on any atom is 0.287 e. The lowest BCUT2D eigenvalue weighted by molar-refractivity contribution is -0.00370. The van der Waals surface area contributed by atoms with Gasteiger partial charge in [-0.3, -0.25) is 9.59 Å². The number of carbonyl (C=O) groups excluding carboxylic acids is 2. The lowest BCUT2D eigenvalue weighted by Crippen LogP contribution is -2.54. The van der Waals surface area contributed by atoms with E-state index in [0.29, 0.717) is 16.1 Å². The molecule has 0 saturated heterocycles. The van der Waals surface area contributed by atoms with Crippen LogP contribution in [0, 0.1) is 6.92 Å². The largest absolute Gasteiger partial charge is 0.287 e. The van der Waals surface area contributed by atoms with Crippen LogP contribution in [0.3, 0.4) is 0 Å². The van der Waals surface area contributed by atoms with Crippen molar-refractivity contribution in [1.82, 2.24) is 9.54 Å². The van der Waals surface area contributed by atoms with Crippen molar-refractivity contribution < 1.29 is 9.59 Å². The summed E-state index contributed by atoms with van der Waals surface area (Å²) >= 11 is 12.2. The number of hydrazine groups is 1. The zero-order valence-corrected chi connectivity index (χ0v) is 16.1. The van der Waals surface area contributed by atoms with Gasteiger partial charge in [-0.15, -0.1) is 0 Å². The Morgan fingerprint density at radius 1 is 0.920 bits per heavy atom. The van der Waals surface area contributed by atoms with Crippen LogP contribution in [0.5, 0.6) is 0 Å². The Labute approximate surface area is 158 Å². The van der Waals surface area contributed by atoms with E-state index in [0.717, 1.165) is 10.1 Å². The zero-order chi connectivity index (χ0) is 18.8. The fraction of sp³-hybridized carbons (Fsp3) is 0.263. The molecule has 0 aromatic heterocycles. The molecule has 0 aliphatic carbocycles. The van der Waals surface area contributed by atoms with Crippen molar-refractivity contribution in [2.45, 2.75) is 33.2 Å². The molecule has 0 radical (unpaired) electrons. The summed E-state index contributed by atoms with van der Waals surface area (Å²) in [5.74, 6) is -0.891. The van der Waals surface area contributed by atoms with Gasteiger partial charge in [-0.05, 0) is 58.0 Å². The third kappa shape index (κ3) is 4.53. The number of hydrogen-bond donors (Lipinski definition) is 0. The van der Waals surface area contributed by atoms with Gasteiger partial charge in [-0.1, -0.05) is 35.4 Å². The van der Waals surface area contributed by atoms with E-state index >= 15 is 0 Å².